The number of unbranched alkanes of at least 4 members (excludes halogenated alkanes) is 1. The number of carbonyl (C=O) groups excluding carboxylic acids is 2. The molecule has 2 aromatic rings. The molecule has 0 aliphatic heterocycles. The first kappa shape index (κ1) is 17.5. The summed E-state index contributed by atoms with van der Waals surface area (Å²) in [5.74, 6) is 0.271. The van der Waals surface area contributed by atoms with Gasteiger partial charge in [0.15, 0.2) is 0 Å². The molecule has 0 spiro atoms. The van der Waals surface area contributed by atoms with Gasteiger partial charge in [0, 0.05) is 18.8 Å². The van der Waals surface area contributed by atoms with Crippen LogP contribution in [0.3, 0.4) is 0 Å². The van der Waals surface area contributed by atoms with E-state index in [2.05, 4.69) is 4.98 Å². The van der Waals surface area contributed by atoms with Crippen LogP contribution in [0.2, 0.25) is 0 Å². The number of hydrogen-bond acceptors (Lipinski definition) is 4. The fourth-order valence-corrected chi connectivity index (χ4v) is 2.15. The molecule has 6 nitrogen and oxygen atoms in total. The first-order chi connectivity index (χ1) is 11.6. The van der Waals surface area contributed by atoms with Crippen molar-refractivity contribution in [3.8, 4) is 11.6 Å². The third-order valence-corrected chi connectivity index (χ3v) is 3.36. The largest absolute Gasteiger partial charge is 0.439 e. The van der Waals surface area contributed by atoms with E-state index in [4.69, 9.17) is 10.5 Å². The Morgan fingerprint density at radius 3 is 2.50 bits per heavy atom. The van der Waals surface area contributed by atoms with Crippen molar-refractivity contribution < 1.29 is 14.3 Å². The van der Waals surface area contributed by atoms with Gasteiger partial charge < -0.3 is 15.4 Å². The van der Waals surface area contributed by atoms with Crippen LogP contribution in [0.1, 0.15) is 30.1 Å². The summed E-state index contributed by atoms with van der Waals surface area (Å²) in [6.07, 6.45) is 3.17. The number of benzene rings is 1. The highest BCUT2D eigenvalue weighted by atomic mass is 16.5. The van der Waals surface area contributed by atoms with Gasteiger partial charge in [-0.3, -0.25) is 9.59 Å². The van der Waals surface area contributed by atoms with Crippen molar-refractivity contribution in [1.82, 2.24) is 9.88 Å². The molecule has 0 radical (unpaired) electrons. The average Bonchev–Trinajstić information content (AvgIpc) is 2.59. The Labute approximate surface area is 141 Å². The van der Waals surface area contributed by atoms with Gasteiger partial charge in [0.05, 0.1) is 12.1 Å². The smallest absolute Gasteiger partial charge is 0.255 e. The molecule has 0 saturated carbocycles. The molecule has 0 aliphatic carbocycles. The van der Waals surface area contributed by atoms with Gasteiger partial charge in [0.25, 0.3) is 5.91 Å². The summed E-state index contributed by atoms with van der Waals surface area (Å²) in [6.45, 7) is 2.41. The van der Waals surface area contributed by atoms with Crippen LogP contribution in [0.25, 0.3) is 0 Å². The maximum absolute atomic E-state index is 12.5. The number of aromatic nitrogens is 1. The highest BCUT2D eigenvalue weighted by molar-refractivity contribution is 5.96. The summed E-state index contributed by atoms with van der Waals surface area (Å²) in [5, 5.41) is 0. The topological polar surface area (TPSA) is 85.5 Å². The predicted molar refractivity (Wildman–Crippen MR) is 90.8 cm³/mol. The number of ether oxygens (including phenoxy) is 1. The van der Waals surface area contributed by atoms with Crippen LogP contribution in [0.15, 0.2) is 48.7 Å². The van der Waals surface area contributed by atoms with Crippen LogP contribution in [-0.2, 0) is 4.79 Å². The number of amides is 2. The second-order valence-corrected chi connectivity index (χ2v) is 5.35. The van der Waals surface area contributed by atoms with Gasteiger partial charge in [0.2, 0.25) is 11.8 Å². The number of nitrogens with two attached hydrogens (primary N) is 1. The van der Waals surface area contributed by atoms with E-state index in [-0.39, 0.29) is 12.5 Å². The van der Waals surface area contributed by atoms with Crippen LogP contribution in [0.4, 0.5) is 0 Å². The van der Waals surface area contributed by atoms with E-state index in [0.717, 1.165) is 12.8 Å². The molecule has 0 unspecified atom stereocenters. The van der Waals surface area contributed by atoms with E-state index in [1.165, 1.54) is 11.1 Å². The predicted octanol–water partition coefficient (Wildman–Crippen LogP) is 2.60. The number of nitrogens with zero attached hydrogens (tertiary/aromatic N) is 2. The average molecular weight is 327 g/mol. The second kappa shape index (κ2) is 8.67. The maximum atomic E-state index is 12.5. The molecule has 0 bridgehead atoms. The number of hydrogen-bond donors (Lipinski definition) is 1. The highest BCUT2D eigenvalue weighted by Crippen LogP contribution is 2.19. The minimum absolute atomic E-state index is 0.0961. The van der Waals surface area contributed by atoms with E-state index < -0.39 is 5.91 Å². The number of rotatable bonds is 8. The van der Waals surface area contributed by atoms with Gasteiger partial charge in [-0.1, -0.05) is 31.5 Å². The standard InChI is InChI=1S/C18H21N3O3/c1-2-3-11-21(13-16(19)22)18(23)14-9-10-17(20-12-14)24-15-7-5-4-6-8-15/h4-10,12H,2-3,11,13H2,1H3,(H2,19,22). The lowest BCUT2D eigenvalue weighted by Crippen LogP contribution is -2.39. The molecule has 0 saturated heterocycles. The van der Waals surface area contributed by atoms with Gasteiger partial charge >= 0.3 is 0 Å². The lowest BCUT2D eigenvalue weighted by atomic mass is 10.2. The monoisotopic (exact) mass is 327 g/mol. The normalized spacial score (nSPS) is 10.2. The van der Waals surface area contributed by atoms with E-state index >= 15 is 0 Å². The van der Waals surface area contributed by atoms with Crippen molar-refractivity contribution in [2.75, 3.05) is 13.1 Å². The molecule has 0 fully saturated rings. The highest BCUT2D eigenvalue weighted by Gasteiger charge is 2.17. The Balaban J connectivity index is 2.07. The Morgan fingerprint density at radius 1 is 1.17 bits per heavy atom. The lowest BCUT2D eigenvalue weighted by Gasteiger charge is -2.20. The van der Waals surface area contributed by atoms with E-state index in [0.29, 0.717) is 23.7 Å². The van der Waals surface area contributed by atoms with Crippen LogP contribution in [-0.4, -0.2) is 34.8 Å². The Hall–Kier alpha value is -2.89. The second-order valence-electron chi connectivity index (χ2n) is 5.35. The molecule has 2 rings (SSSR count). The molecule has 1 aromatic carbocycles. The maximum Gasteiger partial charge on any atom is 0.255 e. The number of carbonyl (C=O) groups is 2. The zero-order chi connectivity index (χ0) is 17.4. The van der Waals surface area contributed by atoms with Crippen LogP contribution < -0.4 is 10.5 Å². The summed E-state index contributed by atoms with van der Waals surface area (Å²) in [7, 11) is 0. The molecule has 0 aliphatic rings. The number of primary amides is 1. The third kappa shape index (κ3) is 5.08. The SMILES string of the molecule is CCCCN(CC(N)=O)C(=O)c1ccc(Oc2ccccc2)nc1. The third-order valence-electron chi connectivity index (χ3n) is 3.36. The molecular weight excluding hydrogens is 306 g/mol. The van der Waals surface area contributed by atoms with E-state index in [1.807, 2.05) is 37.3 Å². The molecule has 126 valence electrons. The minimum atomic E-state index is -0.531. The van der Waals surface area contributed by atoms with Gasteiger partial charge in [-0.05, 0) is 24.6 Å². The fraction of sp³-hybridized carbons (Fsp3) is 0.278. The molecule has 2 amide bonds. The van der Waals surface area contributed by atoms with Crippen LogP contribution in [0, 0.1) is 0 Å². The summed E-state index contributed by atoms with van der Waals surface area (Å²) in [5.41, 5.74) is 5.62. The Kier molecular flexibility index (Phi) is 6.31. The zero-order valence-corrected chi connectivity index (χ0v) is 13.6. The van der Waals surface area contributed by atoms with Crippen molar-refractivity contribution in [2.24, 2.45) is 5.73 Å². The summed E-state index contributed by atoms with van der Waals surface area (Å²) in [4.78, 5) is 29.2. The summed E-state index contributed by atoms with van der Waals surface area (Å²) < 4.78 is 5.59. The van der Waals surface area contributed by atoms with Crippen molar-refractivity contribution in [1.29, 1.82) is 0 Å². The first-order valence-corrected chi connectivity index (χ1v) is 7.86. The van der Waals surface area contributed by atoms with Crippen molar-refractivity contribution in [3.05, 3.63) is 54.2 Å². The molecular formula is C18H21N3O3. The zero-order valence-electron chi connectivity index (χ0n) is 13.6. The quantitative estimate of drug-likeness (QED) is 0.807. The van der Waals surface area contributed by atoms with Crippen LogP contribution >= 0.6 is 0 Å². The molecule has 1 heterocycles. The Bertz CT molecular complexity index is 672. The fourth-order valence-electron chi connectivity index (χ4n) is 2.15. The number of pyridine rings is 1. The van der Waals surface area contributed by atoms with E-state index in [9.17, 15) is 9.59 Å². The molecule has 0 atom stereocenters. The van der Waals surface area contributed by atoms with Gasteiger partial charge in [-0.25, -0.2) is 4.98 Å². The van der Waals surface area contributed by atoms with Crippen molar-refractivity contribution in [2.45, 2.75) is 19.8 Å². The van der Waals surface area contributed by atoms with Gasteiger partial charge in [-0.2, -0.15) is 0 Å². The number of para-hydroxylation sites is 1. The summed E-state index contributed by atoms with van der Waals surface area (Å²) >= 11 is 0. The summed E-state index contributed by atoms with van der Waals surface area (Å²) in [6, 6.07) is 12.5. The molecule has 2 N–H and O–H groups in total. The minimum Gasteiger partial charge on any atom is -0.439 e. The van der Waals surface area contributed by atoms with Crippen molar-refractivity contribution >= 4 is 11.8 Å². The van der Waals surface area contributed by atoms with E-state index in [1.54, 1.807) is 12.1 Å². The molecule has 24 heavy (non-hydrogen) atoms. The first-order valence-electron chi connectivity index (χ1n) is 7.86. The Morgan fingerprint density at radius 2 is 1.92 bits per heavy atom. The van der Waals surface area contributed by atoms with Crippen LogP contribution in [0.5, 0.6) is 11.6 Å². The lowest BCUT2D eigenvalue weighted by molar-refractivity contribution is -0.118. The molecule has 1 aromatic heterocycles. The van der Waals surface area contributed by atoms with Crippen molar-refractivity contribution in [3.63, 3.8) is 0 Å². The van der Waals surface area contributed by atoms with Gasteiger partial charge in [0.1, 0.15) is 5.75 Å². The van der Waals surface area contributed by atoms with Gasteiger partial charge in [-0.15, -0.1) is 0 Å². The molecule has 6 heteroatoms.